The van der Waals surface area contributed by atoms with Gasteiger partial charge in [-0.2, -0.15) is 0 Å². The molecule has 1 aliphatic rings. The van der Waals surface area contributed by atoms with Gasteiger partial charge in [0.1, 0.15) is 18.0 Å². The van der Waals surface area contributed by atoms with Crippen LogP contribution in [0.25, 0.3) is 0 Å². The number of aromatic nitrogens is 1. The zero-order valence-electron chi connectivity index (χ0n) is 17.0. The third-order valence-corrected chi connectivity index (χ3v) is 4.93. The summed E-state index contributed by atoms with van der Waals surface area (Å²) >= 11 is 5.92. The van der Waals surface area contributed by atoms with Crippen LogP contribution in [-0.2, 0) is 11.3 Å². The largest absolute Gasteiger partial charge is 0.473 e. The van der Waals surface area contributed by atoms with Crippen molar-refractivity contribution in [3.05, 3.63) is 58.5 Å². The molecule has 0 aliphatic carbocycles. The lowest BCUT2D eigenvalue weighted by Crippen LogP contribution is -2.41. The molecule has 1 aliphatic heterocycles. The Kier molecular flexibility index (Phi) is 6.63. The molecule has 3 rings (SSSR count). The lowest BCUT2D eigenvalue weighted by atomic mass is 9.93. The Morgan fingerprint density at radius 2 is 1.97 bits per heavy atom. The van der Waals surface area contributed by atoms with Gasteiger partial charge in [-0.1, -0.05) is 17.7 Å². The second-order valence-electron chi connectivity index (χ2n) is 8.17. The summed E-state index contributed by atoms with van der Waals surface area (Å²) < 4.78 is 25.0. The molecule has 29 heavy (non-hydrogen) atoms. The highest BCUT2D eigenvalue weighted by Crippen LogP contribution is 2.29. The van der Waals surface area contributed by atoms with Crippen molar-refractivity contribution in [3.63, 3.8) is 0 Å². The van der Waals surface area contributed by atoms with Gasteiger partial charge in [0.2, 0.25) is 5.88 Å². The highest BCUT2D eigenvalue weighted by atomic mass is 35.5. The summed E-state index contributed by atoms with van der Waals surface area (Å²) in [7, 11) is 0. The maximum absolute atomic E-state index is 13.8. The lowest BCUT2D eigenvalue weighted by Gasteiger charge is -2.33. The van der Waals surface area contributed by atoms with Gasteiger partial charge in [0.05, 0.1) is 0 Å². The van der Waals surface area contributed by atoms with Crippen LogP contribution in [0.15, 0.2) is 36.4 Å². The molecule has 0 unspecified atom stereocenters. The molecule has 2 heterocycles. The molecule has 0 saturated carbocycles. The minimum Gasteiger partial charge on any atom is -0.473 e. The maximum Gasteiger partial charge on any atom is 0.410 e. The van der Waals surface area contributed by atoms with Crippen molar-refractivity contribution in [2.24, 2.45) is 0 Å². The third kappa shape index (κ3) is 6.07. The summed E-state index contributed by atoms with van der Waals surface area (Å²) in [4.78, 5) is 18.5. The number of nitrogens with zero attached hydrogens (tertiary/aromatic N) is 2. The second kappa shape index (κ2) is 8.99. The number of carbonyl (C=O) groups is 1. The molecule has 2 aromatic rings. The van der Waals surface area contributed by atoms with E-state index in [-0.39, 0.29) is 24.4 Å². The molecular formula is C22H26ClFN2O3. The smallest absolute Gasteiger partial charge is 0.410 e. The Hall–Kier alpha value is -2.34. The molecule has 7 heteroatoms. The van der Waals surface area contributed by atoms with E-state index in [0.29, 0.717) is 29.6 Å². The van der Waals surface area contributed by atoms with E-state index in [1.807, 2.05) is 32.9 Å². The van der Waals surface area contributed by atoms with Gasteiger partial charge in [0.15, 0.2) is 0 Å². The topological polar surface area (TPSA) is 51.7 Å². The number of likely N-dealkylation sites (tertiary alicyclic amines) is 1. The first kappa shape index (κ1) is 21.4. The fraction of sp³-hybridized carbons (Fsp3) is 0.455. The average molecular weight is 421 g/mol. The summed E-state index contributed by atoms with van der Waals surface area (Å²) in [6, 6.07) is 9.97. The number of amides is 1. The fourth-order valence-corrected chi connectivity index (χ4v) is 3.42. The van der Waals surface area contributed by atoms with E-state index in [1.54, 1.807) is 17.0 Å². The van der Waals surface area contributed by atoms with Crippen LogP contribution in [0.4, 0.5) is 9.18 Å². The Balaban J connectivity index is 1.57. The highest BCUT2D eigenvalue weighted by Gasteiger charge is 2.28. The van der Waals surface area contributed by atoms with Crippen molar-refractivity contribution < 1.29 is 18.7 Å². The van der Waals surface area contributed by atoms with Crippen LogP contribution < -0.4 is 4.74 Å². The quantitative estimate of drug-likeness (QED) is 0.649. The number of benzene rings is 1. The molecule has 1 saturated heterocycles. The van der Waals surface area contributed by atoms with Gasteiger partial charge in [0, 0.05) is 41.4 Å². The standard InChI is InChI=1S/C22H26ClFN2O3/c1-22(2,3)29-21(27)26-11-9-15(10-12-26)19-5-4-6-20(25-19)28-14-16-13-17(23)7-8-18(16)24/h4-8,13,15H,9-12,14H2,1-3H3. The second-order valence-corrected chi connectivity index (χ2v) is 8.60. The van der Waals surface area contributed by atoms with E-state index in [4.69, 9.17) is 21.1 Å². The Labute approximate surface area is 175 Å². The first-order chi connectivity index (χ1) is 13.7. The van der Waals surface area contributed by atoms with Gasteiger partial charge in [0.25, 0.3) is 0 Å². The zero-order valence-corrected chi connectivity index (χ0v) is 17.7. The van der Waals surface area contributed by atoms with Gasteiger partial charge in [-0.25, -0.2) is 14.2 Å². The summed E-state index contributed by atoms with van der Waals surface area (Å²) in [5.74, 6) is 0.316. The number of hydrogen-bond acceptors (Lipinski definition) is 4. The number of rotatable bonds is 4. The fourth-order valence-electron chi connectivity index (χ4n) is 3.23. The van der Waals surface area contributed by atoms with Crippen LogP contribution in [0, 0.1) is 5.82 Å². The van der Waals surface area contributed by atoms with Crippen molar-refractivity contribution in [1.82, 2.24) is 9.88 Å². The van der Waals surface area contributed by atoms with E-state index in [9.17, 15) is 9.18 Å². The van der Waals surface area contributed by atoms with Crippen LogP contribution >= 0.6 is 11.6 Å². The minimum absolute atomic E-state index is 0.0555. The number of pyridine rings is 1. The first-order valence-electron chi connectivity index (χ1n) is 9.73. The van der Waals surface area contributed by atoms with Crippen molar-refractivity contribution in [1.29, 1.82) is 0 Å². The molecule has 5 nitrogen and oxygen atoms in total. The molecule has 0 bridgehead atoms. The third-order valence-electron chi connectivity index (χ3n) is 4.69. The van der Waals surface area contributed by atoms with E-state index in [0.717, 1.165) is 18.5 Å². The Morgan fingerprint density at radius 3 is 2.66 bits per heavy atom. The SMILES string of the molecule is CC(C)(C)OC(=O)N1CCC(c2cccc(OCc3cc(Cl)ccc3F)n2)CC1. The molecule has 0 spiro atoms. The number of carbonyl (C=O) groups excluding carboxylic acids is 1. The molecule has 156 valence electrons. The van der Waals surface area contributed by atoms with Gasteiger partial charge >= 0.3 is 6.09 Å². The van der Waals surface area contributed by atoms with Crippen molar-refractivity contribution >= 4 is 17.7 Å². The number of ether oxygens (including phenoxy) is 2. The molecule has 0 N–H and O–H groups in total. The van der Waals surface area contributed by atoms with Crippen molar-refractivity contribution in [2.45, 2.75) is 51.7 Å². The molecule has 1 amide bonds. The van der Waals surface area contributed by atoms with Crippen molar-refractivity contribution in [3.8, 4) is 5.88 Å². The maximum atomic E-state index is 13.8. The lowest BCUT2D eigenvalue weighted by molar-refractivity contribution is 0.0204. The molecular weight excluding hydrogens is 395 g/mol. The van der Waals surface area contributed by atoms with Gasteiger partial charge in [-0.15, -0.1) is 0 Å². The normalized spacial score (nSPS) is 15.3. The van der Waals surface area contributed by atoms with Gasteiger partial charge in [-0.05, 0) is 57.9 Å². The van der Waals surface area contributed by atoms with Crippen LogP contribution in [0.3, 0.4) is 0 Å². The molecule has 0 radical (unpaired) electrons. The molecule has 0 atom stereocenters. The highest BCUT2D eigenvalue weighted by molar-refractivity contribution is 6.30. The summed E-state index contributed by atoms with van der Waals surface area (Å²) in [5, 5.41) is 0.462. The van der Waals surface area contributed by atoms with Crippen LogP contribution in [0.5, 0.6) is 5.88 Å². The van der Waals surface area contributed by atoms with E-state index in [1.165, 1.54) is 12.1 Å². The number of halogens is 2. The number of hydrogen-bond donors (Lipinski definition) is 0. The first-order valence-corrected chi connectivity index (χ1v) is 10.1. The van der Waals surface area contributed by atoms with E-state index >= 15 is 0 Å². The summed E-state index contributed by atoms with van der Waals surface area (Å²) in [5.41, 5.74) is 0.803. The van der Waals surface area contributed by atoms with Crippen molar-refractivity contribution in [2.75, 3.05) is 13.1 Å². The molecule has 1 aromatic carbocycles. The predicted octanol–water partition coefficient (Wildman–Crippen LogP) is 5.57. The average Bonchev–Trinajstić information content (AvgIpc) is 2.68. The molecule has 1 aromatic heterocycles. The van der Waals surface area contributed by atoms with E-state index < -0.39 is 5.60 Å². The number of piperidine rings is 1. The summed E-state index contributed by atoms with van der Waals surface area (Å²) in [6.07, 6.45) is 1.33. The zero-order chi connectivity index (χ0) is 21.0. The van der Waals surface area contributed by atoms with Crippen LogP contribution in [0.2, 0.25) is 5.02 Å². The van der Waals surface area contributed by atoms with Crippen LogP contribution in [0.1, 0.15) is 50.8 Å². The van der Waals surface area contributed by atoms with E-state index in [2.05, 4.69) is 4.98 Å². The Bertz CT molecular complexity index is 861. The summed E-state index contributed by atoms with van der Waals surface area (Å²) in [6.45, 7) is 6.90. The Morgan fingerprint density at radius 1 is 1.24 bits per heavy atom. The predicted molar refractivity (Wildman–Crippen MR) is 110 cm³/mol. The monoisotopic (exact) mass is 420 g/mol. The molecule has 1 fully saturated rings. The van der Waals surface area contributed by atoms with Gasteiger partial charge in [-0.3, -0.25) is 0 Å². The van der Waals surface area contributed by atoms with Crippen LogP contribution in [-0.4, -0.2) is 34.7 Å². The van der Waals surface area contributed by atoms with Gasteiger partial charge < -0.3 is 14.4 Å². The minimum atomic E-state index is -0.496.